The molecule has 1 aliphatic rings. The van der Waals surface area contributed by atoms with Crippen molar-refractivity contribution in [3.63, 3.8) is 0 Å². The first kappa shape index (κ1) is 34.3. The molecule has 0 aliphatic carbocycles. The number of rotatable bonds is 5. The van der Waals surface area contributed by atoms with E-state index >= 15 is 0 Å². The van der Waals surface area contributed by atoms with Crippen LogP contribution in [0.3, 0.4) is 0 Å². The molecular weight excluding hydrogens is 542 g/mol. The van der Waals surface area contributed by atoms with Gasteiger partial charge in [0.15, 0.2) is 6.10 Å². The van der Waals surface area contributed by atoms with Crippen LogP contribution in [-0.4, -0.2) is 72.2 Å². The summed E-state index contributed by atoms with van der Waals surface area (Å²) in [5.74, 6) is -1.61. The molecule has 230 valence electrons. The molecule has 42 heavy (non-hydrogen) atoms. The number of aliphatic hydroxyl groups excluding tert-OH is 1. The maximum absolute atomic E-state index is 13.0. The van der Waals surface area contributed by atoms with Crippen LogP contribution in [0.2, 0.25) is 0 Å². The molecule has 1 aromatic rings. The van der Waals surface area contributed by atoms with Crippen molar-refractivity contribution in [2.75, 3.05) is 19.5 Å². The molecule has 11 heteroatoms. The number of hydrogen-bond acceptors (Lipinski definition) is 9. The fraction of sp³-hybridized carbons (Fsp3) is 0.452. The molecule has 11 nitrogen and oxygen atoms in total. The number of ether oxygens (including phenoxy) is 3. The average molecular weight is 586 g/mol. The van der Waals surface area contributed by atoms with Crippen LogP contribution in [0.1, 0.15) is 39.7 Å². The van der Waals surface area contributed by atoms with Crippen LogP contribution in [0, 0.1) is 11.8 Å². The monoisotopic (exact) mass is 585 g/mol. The highest BCUT2D eigenvalue weighted by atomic mass is 16.6. The normalized spacial score (nSPS) is 26.3. The van der Waals surface area contributed by atoms with Gasteiger partial charge in [0, 0.05) is 43.6 Å². The van der Waals surface area contributed by atoms with Crippen molar-refractivity contribution in [3.8, 4) is 11.5 Å². The molecular formula is C31H43N3O8. The van der Waals surface area contributed by atoms with Gasteiger partial charge in [0.25, 0.3) is 5.91 Å². The van der Waals surface area contributed by atoms with E-state index in [1.807, 2.05) is 13.8 Å². The number of primary amides is 1. The Morgan fingerprint density at radius 3 is 2.50 bits per heavy atom. The second-order valence-electron chi connectivity index (χ2n) is 10.5. The summed E-state index contributed by atoms with van der Waals surface area (Å²) in [6.07, 6.45) is 5.69. The number of methoxy groups -OCH3 is 2. The topological polar surface area (TPSA) is 173 Å². The summed E-state index contributed by atoms with van der Waals surface area (Å²) < 4.78 is 16.6. The number of allylic oxidation sites excluding steroid dienone is 3. The number of fused-ring (bicyclic) bond motifs is 2. The van der Waals surface area contributed by atoms with Gasteiger partial charge in [-0.15, -0.1) is 0 Å². The summed E-state index contributed by atoms with van der Waals surface area (Å²) in [7, 11) is 2.94. The number of phenols is 2. The first-order valence-corrected chi connectivity index (χ1v) is 13.6. The highest BCUT2D eigenvalue weighted by molar-refractivity contribution is 6.04. The maximum atomic E-state index is 13.0. The molecule has 0 aromatic heterocycles. The van der Waals surface area contributed by atoms with Crippen molar-refractivity contribution in [3.05, 3.63) is 59.7 Å². The fourth-order valence-corrected chi connectivity index (χ4v) is 4.87. The molecule has 6 atom stereocenters. The standard InChI is InChI=1S/C31H43N3O8/c1-8-12-33-26-21-13-17(2)14-25(41-7)27(36)19(4)15-20(5)29(42-31(32)39)24(40-6)11-9-10-18(3)30(38)34-22(28(21)37)16-23(26)35/h8-12,15-17,19,24-25,27,29,35-37H,1,13-14H2,2-7H3,(H2,32,39)(H,34,38)/t17?,19?,24-,25-,27?,29-/m0/s1. The maximum Gasteiger partial charge on any atom is 0.405 e. The van der Waals surface area contributed by atoms with Gasteiger partial charge in [-0.05, 0) is 38.2 Å². The Kier molecular flexibility index (Phi) is 13.0. The van der Waals surface area contributed by atoms with Gasteiger partial charge >= 0.3 is 6.09 Å². The van der Waals surface area contributed by atoms with Crippen LogP contribution in [0.15, 0.2) is 59.2 Å². The molecule has 2 amide bonds. The van der Waals surface area contributed by atoms with Crippen molar-refractivity contribution < 1.29 is 39.1 Å². The van der Waals surface area contributed by atoms with E-state index in [4.69, 9.17) is 19.9 Å². The van der Waals surface area contributed by atoms with Crippen LogP contribution in [-0.2, 0) is 25.4 Å². The third-order valence-corrected chi connectivity index (χ3v) is 7.11. The highest BCUT2D eigenvalue weighted by Gasteiger charge is 2.30. The molecule has 0 saturated heterocycles. The lowest BCUT2D eigenvalue weighted by Crippen LogP contribution is -2.37. The zero-order valence-corrected chi connectivity index (χ0v) is 25.0. The number of nitrogens with zero attached hydrogens (tertiary/aromatic N) is 1. The zero-order valence-electron chi connectivity index (χ0n) is 25.0. The van der Waals surface area contributed by atoms with Gasteiger partial charge in [0.05, 0.1) is 17.9 Å². The fourth-order valence-electron chi connectivity index (χ4n) is 4.87. The van der Waals surface area contributed by atoms with Crippen LogP contribution in [0.5, 0.6) is 11.5 Å². The zero-order chi connectivity index (χ0) is 31.6. The van der Waals surface area contributed by atoms with E-state index in [1.165, 1.54) is 38.7 Å². The summed E-state index contributed by atoms with van der Waals surface area (Å²) >= 11 is 0. The summed E-state index contributed by atoms with van der Waals surface area (Å²) in [5, 5.41) is 35.9. The quantitative estimate of drug-likeness (QED) is 0.146. The van der Waals surface area contributed by atoms with Crippen molar-refractivity contribution in [2.45, 2.75) is 65.0 Å². The van der Waals surface area contributed by atoms with Crippen LogP contribution in [0.25, 0.3) is 0 Å². The molecule has 0 fully saturated rings. The Morgan fingerprint density at radius 2 is 1.90 bits per heavy atom. The van der Waals surface area contributed by atoms with E-state index in [1.54, 1.807) is 32.1 Å². The summed E-state index contributed by atoms with van der Waals surface area (Å²) in [6, 6.07) is 1.23. The van der Waals surface area contributed by atoms with Crippen molar-refractivity contribution in [1.82, 2.24) is 0 Å². The van der Waals surface area contributed by atoms with Crippen LogP contribution in [0.4, 0.5) is 16.2 Å². The molecule has 3 unspecified atom stereocenters. The van der Waals surface area contributed by atoms with E-state index in [2.05, 4.69) is 16.9 Å². The second kappa shape index (κ2) is 15.9. The van der Waals surface area contributed by atoms with Gasteiger partial charge in [0.1, 0.15) is 23.3 Å². The minimum absolute atomic E-state index is 0.00774. The lowest BCUT2D eigenvalue weighted by atomic mass is 9.87. The molecule has 2 rings (SSSR count). The number of benzene rings is 1. The lowest BCUT2D eigenvalue weighted by molar-refractivity contribution is -0.112. The number of carbonyl (C=O) groups is 2. The highest BCUT2D eigenvalue weighted by Crippen LogP contribution is 2.44. The predicted molar refractivity (Wildman–Crippen MR) is 162 cm³/mol. The van der Waals surface area contributed by atoms with E-state index in [-0.39, 0.29) is 40.8 Å². The Hall–Kier alpha value is -3.93. The van der Waals surface area contributed by atoms with Gasteiger partial charge in [0.2, 0.25) is 0 Å². The van der Waals surface area contributed by atoms with Crippen molar-refractivity contribution in [2.24, 2.45) is 22.6 Å². The van der Waals surface area contributed by atoms with Gasteiger partial charge < -0.3 is 40.6 Å². The van der Waals surface area contributed by atoms with Crippen LogP contribution >= 0.6 is 0 Å². The minimum atomic E-state index is -0.994. The molecule has 0 radical (unpaired) electrons. The van der Waals surface area contributed by atoms with E-state index in [0.717, 1.165) is 0 Å². The van der Waals surface area contributed by atoms with Crippen molar-refractivity contribution >= 4 is 29.6 Å². The largest absolute Gasteiger partial charge is 0.506 e. The van der Waals surface area contributed by atoms with Gasteiger partial charge in [-0.1, -0.05) is 50.8 Å². The number of hydrogen-bond donors (Lipinski definition) is 5. The molecule has 1 aliphatic heterocycles. The molecule has 6 N–H and O–H groups in total. The Bertz CT molecular complexity index is 1250. The van der Waals surface area contributed by atoms with Gasteiger partial charge in [-0.25, -0.2) is 4.79 Å². The second-order valence-corrected chi connectivity index (χ2v) is 10.5. The SMILES string of the molecule is C=CC=Nc1c(O)cc2c(O)c1CC(C)C[C@H](OC)C(O)C(C)C=C(C)[C@H](OC(N)=O)[C@@H](OC)C=CC=C(C)C(=O)N2. The van der Waals surface area contributed by atoms with E-state index < -0.39 is 42.3 Å². The summed E-state index contributed by atoms with van der Waals surface area (Å²) in [4.78, 5) is 29.0. The first-order valence-electron chi connectivity index (χ1n) is 13.6. The van der Waals surface area contributed by atoms with Crippen molar-refractivity contribution in [1.29, 1.82) is 0 Å². The Morgan fingerprint density at radius 1 is 1.21 bits per heavy atom. The number of nitrogens with two attached hydrogens (primary N) is 1. The van der Waals surface area contributed by atoms with E-state index in [9.17, 15) is 24.9 Å². The third kappa shape index (κ3) is 9.04. The van der Waals surface area contributed by atoms with E-state index in [0.29, 0.717) is 17.6 Å². The lowest BCUT2D eigenvalue weighted by Gasteiger charge is -2.29. The first-order chi connectivity index (χ1) is 19.8. The average Bonchev–Trinajstić information content (AvgIpc) is 2.94. The third-order valence-electron chi connectivity index (χ3n) is 7.11. The number of anilines is 1. The number of amides is 2. The molecule has 0 spiro atoms. The Labute approximate surface area is 247 Å². The minimum Gasteiger partial charge on any atom is -0.506 e. The number of nitrogens with one attached hydrogen (secondary N) is 1. The summed E-state index contributed by atoms with van der Waals surface area (Å²) in [6.45, 7) is 10.6. The number of carbonyl (C=O) groups excluding carboxylic acids is 2. The van der Waals surface area contributed by atoms with Crippen LogP contribution < -0.4 is 11.1 Å². The van der Waals surface area contributed by atoms with Gasteiger partial charge in [-0.3, -0.25) is 9.79 Å². The number of aliphatic hydroxyl groups is 1. The number of phenolic OH excluding ortho intramolecular Hbond substituents is 2. The number of aromatic hydroxyl groups is 2. The summed E-state index contributed by atoms with van der Waals surface area (Å²) in [5.41, 5.74) is 6.69. The molecule has 1 aromatic carbocycles. The predicted octanol–water partition coefficient (Wildman–Crippen LogP) is 4.45. The number of aliphatic imine (C=N–C) groups is 1. The molecule has 0 saturated carbocycles. The molecule has 1 heterocycles. The Balaban J connectivity index is 2.69. The van der Waals surface area contributed by atoms with Gasteiger partial charge in [-0.2, -0.15) is 0 Å². The smallest absolute Gasteiger partial charge is 0.405 e. The molecule has 2 bridgehead atoms.